The Morgan fingerprint density at radius 1 is 1.00 bits per heavy atom. The Labute approximate surface area is 210 Å². The largest absolute Gasteiger partial charge is 0.369 e. The average Bonchev–Trinajstić information content (AvgIpc) is 2.77. The zero-order valence-corrected chi connectivity index (χ0v) is 21.3. The summed E-state index contributed by atoms with van der Waals surface area (Å²) in [6, 6.07) is 4.39. The molecular formula is C24H31Cl2N3O4S. The molecule has 1 aromatic rings. The number of halogens is 2. The topological polar surface area (TPSA) is 118 Å². The number of hydrogen-bond donors (Lipinski definition) is 3. The van der Waals surface area contributed by atoms with Crippen LogP contribution in [-0.2, 0) is 19.6 Å². The van der Waals surface area contributed by atoms with Crippen molar-refractivity contribution < 1.29 is 18.0 Å². The van der Waals surface area contributed by atoms with Crippen molar-refractivity contribution in [3.8, 4) is 0 Å². The monoisotopic (exact) mass is 527 g/mol. The molecule has 186 valence electrons. The molecule has 0 aromatic heterocycles. The van der Waals surface area contributed by atoms with E-state index in [9.17, 15) is 18.0 Å². The fraction of sp³-hybridized carbons (Fsp3) is 0.667. The minimum absolute atomic E-state index is 0.0548. The van der Waals surface area contributed by atoms with Crippen molar-refractivity contribution in [2.45, 2.75) is 80.7 Å². The summed E-state index contributed by atoms with van der Waals surface area (Å²) in [6.45, 7) is 0. The Hall–Kier alpha value is -1.35. The van der Waals surface area contributed by atoms with Crippen LogP contribution >= 0.6 is 23.2 Å². The van der Waals surface area contributed by atoms with Gasteiger partial charge in [-0.15, -0.1) is 0 Å². The molecule has 0 radical (unpaired) electrons. The molecule has 2 amide bonds. The second-order valence-corrected chi connectivity index (χ2v) is 13.3. The molecule has 0 saturated heterocycles. The highest BCUT2D eigenvalue weighted by Gasteiger charge is 2.58. The third kappa shape index (κ3) is 4.04. The quantitative estimate of drug-likeness (QED) is 0.521. The number of primary amides is 1. The van der Waals surface area contributed by atoms with Crippen LogP contribution in [0.3, 0.4) is 0 Å². The third-order valence-corrected chi connectivity index (χ3v) is 11.3. The smallest absolute Gasteiger partial charge is 0.243 e. The number of rotatable bonds is 6. The van der Waals surface area contributed by atoms with Gasteiger partial charge in [0.25, 0.3) is 0 Å². The molecule has 5 aliphatic carbocycles. The summed E-state index contributed by atoms with van der Waals surface area (Å²) in [5.74, 6) is 0.376. The molecule has 0 heterocycles. The van der Waals surface area contributed by atoms with E-state index in [1.54, 1.807) is 0 Å². The Morgan fingerprint density at radius 3 is 2.26 bits per heavy atom. The number of amides is 2. The summed E-state index contributed by atoms with van der Waals surface area (Å²) in [6.07, 6.45) is 7.53. The molecule has 0 spiro atoms. The highest BCUT2D eigenvalue weighted by Crippen LogP contribution is 2.60. The summed E-state index contributed by atoms with van der Waals surface area (Å²) in [7, 11) is -4.09. The highest BCUT2D eigenvalue weighted by molar-refractivity contribution is 7.89. The zero-order chi connectivity index (χ0) is 24.3. The van der Waals surface area contributed by atoms with Crippen molar-refractivity contribution >= 4 is 45.0 Å². The molecule has 4 bridgehead atoms. The normalized spacial score (nSPS) is 34.1. The first-order chi connectivity index (χ1) is 16.1. The molecule has 4 N–H and O–H groups in total. The van der Waals surface area contributed by atoms with Crippen LogP contribution in [0.15, 0.2) is 23.1 Å². The van der Waals surface area contributed by atoms with E-state index in [0.717, 1.165) is 38.5 Å². The Balaban J connectivity index is 1.40. The lowest BCUT2D eigenvalue weighted by Crippen LogP contribution is -2.66. The number of nitrogens with one attached hydrogen (secondary N) is 2. The van der Waals surface area contributed by atoms with Crippen LogP contribution in [-0.4, -0.2) is 31.8 Å². The molecular weight excluding hydrogens is 497 g/mol. The summed E-state index contributed by atoms with van der Waals surface area (Å²) >= 11 is 12.3. The number of sulfonamides is 1. The summed E-state index contributed by atoms with van der Waals surface area (Å²) < 4.78 is 29.4. The van der Waals surface area contributed by atoms with Gasteiger partial charge in [0.05, 0.1) is 10.0 Å². The zero-order valence-electron chi connectivity index (χ0n) is 19.0. The van der Waals surface area contributed by atoms with Crippen molar-refractivity contribution in [2.75, 3.05) is 0 Å². The first-order valence-electron chi connectivity index (χ1n) is 12.1. The van der Waals surface area contributed by atoms with Crippen LogP contribution in [0.25, 0.3) is 0 Å². The van der Waals surface area contributed by atoms with Crippen molar-refractivity contribution in [3.63, 3.8) is 0 Å². The van der Waals surface area contributed by atoms with E-state index in [2.05, 4.69) is 10.0 Å². The Bertz CT molecular complexity index is 1100. The summed E-state index contributed by atoms with van der Waals surface area (Å²) in [5.41, 5.74) is 4.12. The van der Waals surface area contributed by atoms with Crippen LogP contribution < -0.4 is 15.8 Å². The van der Waals surface area contributed by atoms with E-state index in [1.165, 1.54) is 18.2 Å². The number of carbonyl (C=O) groups is 2. The predicted molar refractivity (Wildman–Crippen MR) is 130 cm³/mol. The molecule has 5 saturated carbocycles. The van der Waals surface area contributed by atoms with Gasteiger partial charge in [0, 0.05) is 11.5 Å². The first-order valence-corrected chi connectivity index (χ1v) is 14.4. The summed E-state index contributed by atoms with van der Waals surface area (Å²) in [5, 5.41) is 3.34. The van der Waals surface area contributed by atoms with Crippen LogP contribution in [0.5, 0.6) is 0 Å². The first kappa shape index (κ1) is 24.3. The van der Waals surface area contributed by atoms with Crippen molar-refractivity contribution in [3.05, 3.63) is 28.2 Å². The van der Waals surface area contributed by atoms with Crippen molar-refractivity contribution in [1.29, 1.82) is 0 Å². The van der Waals surface area contributed by atoms with Crippen LogP contribution in [0.2, 0.25) is 10.0 Å². The number of nitrogens with two attached hydrogens (primary N) is 1. The molecule has 5 aliphatic rings. The number of hydrogen-bond acceptors (Lipinski definition) is 4. The lowest BCUT2D eigenvalue weighted by atomic mass is 9.47. The van der Waals surface area contributed by atoms with E-state index in [4.69, 9.17) is 28.9 Å². The standard InChI is InChI=1S/C24H31Cl2N3O4S/c25-17-5-4-6-18(19(17)26)34(32,33)29-24(7-2-1-3-8-24)22(31)28-20-15-9-14-10-16(20)13-23(11-14,12-15)21(27)30/h4-6,14-16,20,29H,1-3,7-13H2,(H2,27,30)(H,28,31). The second kappa shape index (κ2) is 8.64. The lowest BCUT2D eigenvalue weighted by molar-refractivity contribution is -0.148. The molecule has 1 aromatic carbocycles. The molecule has 2 unspecified atom stereocenters. The fourth-order valence-electron chi connectivity index (χ4n) is 7.39. The molecule has 34 heavy (non-hydrogen) atoms. The highest BCUT2D eigenvalue weighted by atomic mass is 35.5. The van der Waals surface area contributed by atoms with Crippen LogP contribution in [0, 0.1) is 23.2 Å². The van der Waals surface area contributed by atoms with Gasteiger partial charge in [-0.25, -0.2) is 8.42 Å². The molecule has 5 fully saturated rings. The minimum atomic E-state index is -4.09. The maximum absolute atomic E-state index is 13.8. The van der Waals surface area contributed by atoms with Gasteiger partial charge in [-0.05, 0) is 74.8 Å². The molecule has 0 aliphatic heterocycles. The van der Waals surface area contributed by atoms with Crippen LogP contribution in [0.4, 0.5) is 0 Å². The molecule has 6 rings (SSSR count). The Kier molecular flexibility index (Phi) is 6.19. The maximum Gasteiger partial charge on any atom is 0.243 e. The summed E-state index contributed by atoms with van der Waals surface area (Å²) in [4.78, 5) is 25.9. The average molecular weight is 529 g/mol. The van der Waals surface area contributed by atoms with Gasteiger partial charge in [0.2, 0.25) is 21.8 Å². The van der Waals surface area contributed by atoms with Crippen molar-refractivity contribution in [1.82, 2.24) is 10.0 Å². The van der Waals surface area contributed by atoms with Gasteiger partial charge < -0.3 is 11.1 Å². The fourth-order valence-corrected chi connectivity index (χ4v) is 9.57. The second-order valence-electron chi connectivity index (χ2n) is 10.9. The van der Waals surface area contributed by atoms with Gasteiger partial charge in [-0.1, -0.05) is 48.5 Å². The van der Waals surface area contributed by atoms with E-state index in [-0.39, 0.29) is 44.6 Å². The SMILES string of the molecule is NC(=O)C12CC3CC(C1)C(NC(=O)C1(NS(=O)(=O)c4cccc(Cl)c4Cl)CCCCC1)C(C3)C2. The van der Waals surface area contributed by atoms with E-state index >= 15 is 0 Å². The van der Waals surface area contributed by atoms with Gasteiger partial charge in [-0.2, -0.15) is 4.72 Å². The molecule has 7 nitrogen and oxygen atoms in total. The van der Waals surface area contributed by atoms with Gasteiger partial charge >= 0.3 is 0 Å². The van der Waals surface area contributed by atoms with E-state index < -0.39 is 21.0 Å². The third-order valence-electron chi connectivity index (χ3n) is 8.77. The Morgan fingerprint density at radius 2 is 1.65 bits per heavy atom. The predicted octanol–water partition coefficient (Wildman–Crippen LogP) is 3.77. The number of carbonyl (C=O) groups excluding carboxylic acids is 2. The molecule has 2 atom stereocenters. The van der Waals surface area contributed by atoms with Crippen LogP contribution in [0.1, 0.15) is 64.2 Å². The number of benzene rings is 1. The maximum atomic E-state index is 13.8. The van der Waals surface area contributed by atoms with Gasteiger partial charge in [0.1, 0.15) is 10.4 Å². The lowest BCUT2D eigenvalue weighted by Gasteiger charge is -2.59. The molecule has 10 heteroatoms. The van der Waals surface area contributed by atoms with Gasteiger partial charge in [0.15, 0.2) is 0 Å². The minimum Gasteiger partial charge on any atom is -0.369 e. The van der Waals surface area contributed by atoms with Crippen molar-refractivity contribution in [2.24, 2.45) is 28.9 Å². The van der Waals surface area contributed by atoms with E-state index in [1.807, 2.05) is 0 Å². The van der Waals surface area contributed by atoms with Gasteiger partial charge in [-0.3, -0.25) is 9.59 Å². The van der Waals surface area contributed by atoms with E-state index in [0.29, 0.717) is 31.6 Å².